The van der Waals surface area contributed by atoms with E-state index in [1.807, 2.05) is 0 Å². The van der Waals surface area contributed by atoms with E-state index in [-0.39, 0.29) is 5.41 Å². The van der Waals surface area contributed by atoms with Gasteiger partial charge in [-0.2, -0.15) is 8.42 Å². The van der Waals surface area contributed by atoms with Crippen molar-refractivity contribution in [3.63, 3.8) is 0 Å². The Hall–Kier alpha value is -0.670. The summed E-state index contributed by atoms with van der Waals surface area (Å²) in [5, 5.41) is -0.188. The number of rotatable bonds is 1. The van der Waals surface area contributed by atoms with Crippen molar-refractivity contribution in [2.75, 3.05) is 0 Å². The molecule has 0 radical (unpaired) electrons. The van der Waals surface area contributed by atoms with E-state index in [9.17, 15) is 12.3 Å². The normalized spacial score (nSPS) is 9.86. The maximum atomic E-state index is 11.0. The molecule has 40 valence electrons. The van der Waals surface area contributed by atoms with Crippen molar-refractivity contribution < 1.29 is 17.1 Å². The highest BCUT2D eigenvalue weighted by molar-refractivity contribution is 7.89. The van der Waals surface area contributed by atoms with Crippen molar-refractivity contribution in [1.29, 1.82) is 0 Å². The molecule has 0 unspecified atom stereocenters. The highest BCUT2D eigenvalue weighted by Gasteiger charge is 1.96. The lowest BCUT2D eigenvalue weighted by atomic mass is 11.2. The number of hydrogen-bond acceptors (Lipinski definition) is 3. The van der Waals surface area contributed by atoms with E-state index < -0.39 is 10.2 Å². The Morgan fingerprint density at radius 3 is 2.00 bits per heavy atom. The standard InChI is InChI=1S/C2HFO3S/c3-7(5,6)2-1-4/h2H. The first-order valence-corrected chi connectivity index (χ1v) is 2.66. The number of halogens is 1. The molecule has 0 aliphatic heterocycles. The highest BCUT2D eigenvalue weighted by atomic mass is 32.3. The molecule has 7 heavy (non-hydrogen) atoms. The molecule has 5 heteroatoms. The minimum atomic E-state index is -4.72. The molecule has 0 aromatic heterocycles. The van der Waals surface area contributed by atoms with Crippen molar-refractivity contribution >= 4 is 16.2 Å². The van der Waals surface area contributed by atoms with Gasteiger partial charge in [0.25, 0.3) is 0 Å². The zero-order valence-corrected chi connectivity index (χ0v) is 3.90. The minimum Gasteiger partial charge on any atom is -0.233 e. The summed E-state index contributed by atoms with van der Waals surface area (Å²) in [7, 11) is -4.72. The van der Waals surface area contributed by atoms with Crippen LogP contribution in [0.5, 0.6) is 0 Å². The average molecular weight is 124 g/mol. The minimum absolute atomic E-state index is 0.188. The molecule has 0 amide bonds. The van der Waals surface area contributed by atoms with Crippen LogP contribution < -0.4 is 0 Å². The van der Waals surface area contributed by atoms with E-state index in [1.54, 1.807) is 0 Å². The zero-order chi connectivity index (χ0) is 5.91. The summed E-state index contributed by atoms with van der Waals surface area (Å²) in [6, 6.07) is 0. The largest absolute Gasteiger partial charge is 0.335 e. The van der Waals surface area contributed by atoms with Gasteiger partial charge in [-0.25, -0.2) is 4.79 Å². The molecule has 0 N–H and O–H groups in total. The first kappa shape index (κ1) is 6.33. The summed E-state index contributed by atoms with van der Waals surface area (Å²) in [6.45, 7) is 0. The monoisotopic (exact) mass is 124 g/mol. The van der Waals surface area contributed by atoms with Gasteiger partial charge < -0.3 is 0 Å². The summed E-state index contributed by atoms with van der Waals surface area (Å²) in [5.41, 5.74) is 0. The fourth-order valence-corrected chi connectivity index (χ4v) is 0.172. The first-order chi connectivity index (χ1) is 3.06. The van der Waals surface area contributed by atoms with Crippen LogP contribution in [-0.2, 0) is 15.0 Å². The van der Waals surface area contributed by atoms with Gasteiger partial charge in [-0.15, -0.1) is 3.89 Å². The van der Waals surface area contributed by atoms with Crippen LogP contribution in [0.15, 0.2) is 5.41 Å². The second-order valence-electron chi connectivity index (χ2n) is 0.711. The van der Waals surface area contributed by atoms with Gasteiger partial charge in [0.05, 0.1) is 0 Å². The summed E-state index contributed by atoms with van der Waals surface area (Å²) in [5.74, 6) is 0.770. The summed E-state index contributed by atoms with van der Waals surface area (Å²) < 4.78 is 29.5. The van der Waals surface area contributed by atoms with Gasteiger partial charge in [0.15, 0.2) is 0 Å². The third kappa shape index (κ3) is 5.33. The van der Waals surface area contributed by atoms with Crippen LogP contribution in [0.1, 0.15) is 0 Å². The van der Waals surface area contributed by atoms with E-state index in [4.69, 9.17) is 4.79 Å². The molecular weight excluding hydrogens is 123 g/mol. The van der Waals surface area contributed by atoms with Crippen LogP contribution in [0.4, 0.5) is 3.89 Å². The van der Waals surface area contributed by atoms with Gasteiger partial charge in [-0.1, -0.05) is 0 Å². The molecule has 0 aromatic carbocycles. The quantitative estimate of drug-likeness (QED) is 0.354. The number of carbonyl (C=O) groups excluding carboxylic acids is 1. The Labute approximate surface area is 39.7 Å². The van der Waals surface area contributed by atoms with E-state index in [1.165, 1.54) is 0 Å². The predicted octanol–water partition coefficient (Wildman–Crippen LogP) is -0.369. The van der Waals surface area contributed by atoms with Crippen LogP contribution in [0.25, 0.3) is 0 Å². The molecule has 0 spiro atoms. The SMILES string of the molecule is O=C=CS(=O)(=O)F. The van der Waals surface area contributed by atoms with Crippen molar-refractivity contribution in [3.05, 3.63) is 5.41 Å². The summed E-state index contributed by atoms with van der Waals surface area (Å²) in [6.07, 6.45) is 0. The van der Waals surface area contributed by atoms with E-state index in [2.05, 4.69) is 0 Å². The summed E-state index contributed by atoms with van der Waals surface area (Å²) >= 11 is 0. The van der Waals surface area contributed by atoms with E-state index >= 15 is 0 Å². The van der Waals surface area contributed by atoms with Crippen LogP contribution in [0, 0.1) is 0 Å². The second kappa shape index (κ2) is 1.86. The Morgan fingerprint density at radius 1 is 1.57 bits per heavy atom. The van der Waals surface area contributed by atoms with Crippen molar-refractivity contribution in [3.8, 4) is 0 Å². The van der Waals surface area contributed by atoms with E-state index in [0.717, 1.165) is 5.94 Å². The molecule has 3 nitrogen and oxygen atoms in total. The predicted molar refractivity (Wildman–Crippen MR) is 20.3 cm³/mol. The van der Waals surface area contributed by atoms with Gasteiger partial charge in [0.2, 0.25) is 0 Å². The fourth-order valence-electron chi connectivity index (χ4n) is 0.0575. The maximum absolute atomic E-state index is 11.0. The van der Waals surface area contributed by atoms with Gasteiger partial charge in [-0.3, -0.25) is 0 Å². The maximum Gasteiger partial charge on any atom is 0.335 e. The topological polar surface area (TPSA) is 51.2 Å². The number of hydrogen-bond donors (Lipinski definition) is 0. The van der Waals surface area contributed by atoms with Gasteiger partial charge >= 0.3 is 10.2 Å². The lowest BCUT2D eigenvalue weighted by Crippen LogP contribution is -1.79. The van der Waals surface area contributed by atoms with Crippen LogP contribution in [0.3, 0.4) is 0 Å². The van der Waals surface area contributed by atoms with Crippen LogP contribution >= 0.6 is 0 Å². The van der Waals surface area contributed by atoms with Crippen LogP contribution in [-0.4, -0.2) is 14.4 Å². The lowest BCUT2D eigenvalue weighted by molar-refractivity contribution is 0.559. The molecular formula is C2HFO3S. The van der Waals surface area contributed by atoms with Crippen LogP contribution in [0.2, 0.25) is 0 Å². The molecule has 0 fully saturated rings. The smallest absolute Gasteiger partial charge is 0.233 e. The second-order valence-corrected chi connectivity index (χ2v) is 1.90. The molecule has 0 bridgehead atoms. The Bertz CT molecular complexity index is 185. The molecule has 0 aromatic rings. The average Bonchev–Trinajstić information content (AvgIpc) is 1.30. The Balaban J connectivity index is 4.44. The first-order valence-electron chi connectivity index (χ1n) is 1.22. The molecule has 0 saturated heterocycles. The fraction of sp³-hybridized carbons (Fsp3) is 0. The third-order valence-corrected chi connectivity index (χ3v) is 0.567. The third-order valence-electron chi connectivity index (χ3n) is 0.189. The van der Waals surface area contributed by atoms with Crippen molar-refractivity contribution in [1.82, 2.24) is 0 Å². The molecule has 0 aliphatic rings. The lowest BCUT2D eigenvalue weighted by Gasteiger charge is -1.66. The molecule has 0 atom stereocenters. The summed E-state index contributed by atoms with van der Waals surface area (Å²) in [4.78, 5) is 9.02. The van der Waals surface area contributed by atoms with E-state index in [0.29, 0.717) is 0 Å². The molecule has 0 saturated carbocycles. The zero-order valence-electron chi connectivity index (χ0n) is 3.09. The Morgan fingerprint density at radius 2 is 2.00 bits per heavy atom. The molecule has 0 aliphatic carbocycles. The Kier molecular flexibility index (Phi) is 1.68. The molecule has 0 heterocycles. The highest BCUT2D eigenvalue weighted by Crippen LogP contribution is 1.85. The molecule has 0 rings (SSSR count). The van der Waals surface area contributed by atoms with Crippen molar-refractivity contribution in [2.45, 2.75) is 0 Å². The van der Waals surface area contributed by atoms with Gasteiger partial charge in [0.1, 0.15) is 11.3 Å². The van der Waals surface area contributed by atoms with Gasteiger partial charge in [0, 0.05) is 0 Å². The van der Waals surface area contributed by atoms with Crippen molar-refractivity contribution in [2.24, 2.45) is 0 Å². The van der Waals surface area contributed by atoms with Gasteiger partial charge in [-0.05, 0) is 0 Å².